The third-order valence-corrected chi connectivity index (χ3v) is 9.60. The van der Waals surface area contributed by atoms with E-state index < -0.39 is 36.3 Å². The number of fused-ring (bicyclic) bond motifs is 1. The van der Waals surface area contributed by atoms with Gasteiger partial charge in [-0.1, -0.05) is 112 Å². The summed E-state index contributed by atoms with van der Waals surface area (Å²) >= 11 is 0. The molecule has 6 aromatic rings. The fraction of sp³-hybridized carbons (Fsp3) is 0.298. The molecule has 0 unspecified atom stereocenters. The molecule has 1 fully saturated rings. The van der Waals surface area contributed by atoms with Gasteiger partial charge in [0.2, 0.25) is 18.1 Å². The summed E-state index contributed by atoms with van der Waals surface area (Å²) in [4.78, 5) is 13.1. The van der Waals surface area contributed by atoms with Gasteiger partial charge < -0.3 is 42.7 Å². The number of rotatable bonds is 19. The van der Waals surface area contributed by atoms with Crippen molar-refractivity contribution in [3.63, 3.8) is 0 Å². The van der Waals surface area contributed by atoms with Crippen LogP contribution in [0, 0.1) is 0 Å². The first-order valence-corrected chi connectivity index (χ1v) is 19.6. The second kappa shape index (κ2) is 19.6. The molecule has 0 spiro atoms. The Bertz CT molecular complexity index is 2160. The Labute approximate surface area is 332 Å². The van der Waals surface area contributed by atoms with Gasteiger partial charge in [0.1, 0.15) is 47.0 Å². The molecule has 0 radical (unpaired) electrons. The summed E-state index contributed by atoms with van der Waals surface area (Å²) in [6.45, 7) is 2.56. The normalized spacial score (nSPS) is 19.1. The SMILES string of the molecule is CCCCCCCCOc1c(O)c2ccc(O[C@H]3O[C@H](COc4ccccc4)[C@@H](Oc4ccccc4)[C@H](Oc4ccccc4)[C@@H]3Oc3ccccc3)cc2oc1=O. The van der Waals surface area contributed by atoms with Gasteiger partial charge in [-0.25, -0.2) is 4.79 Å². The zero-order valence-corrected chi connectivity index (χ0v) is 31.9. The van der Waals surface area contributed by atoms with E-state index in [1.807, 2.05) is 121 Å². The largest absolute Gasteiger partial charge is 0.504 e. The van der Waals surface area contributed by atoms with Crippen molar-refractivity contribution in [1.29, 1.82) is 0 Å². The molecular formula is C47H48O10. The third-order valence-electron chi connectivity index (χ3n) is 9.60. The van der Waals surface area contributed by atoms with Crippen LogP contribution in [0.3, 0.4) is 0 Å². The van der Waals surface area contributed by atoms with Gasteiger partial charge in [0.15, 0.2) is 18.0 Å². The standard InChI is InChI=1S/C47H48O10/c1-2-3-4-5-6-19-30-50-43-41(48)38-29-28-37(31-39(38)56-46(43)49)55-47-45(54-36-26-17-10-18-27-36)44(53-35-24-15-9-16-25-35)42(52-34-22-13-8-14-23-34)40(57-47)32-51-33-20-11-7-12-21-33/h7-18,20-29,31,40,42,44-45,47-48H,2-6,19,30,32H2,1H3/t40-,42-,44+,45+,47+/m1/s1. The van der Waals surface area contributed by atoms with Crippen LogP contribution >= 0.6 is 0 Å². The van der Waals surface area contributed by atoms with Gasteiger partial charge in [-0.3, -0.25) is 0 Å². The van der Waals surface area contributed by atoms with Gasteiger partial charge in [0, 0.05) is 6.07 Å². The monoisotopic (exact) mass is 772 g/mol. The second-order valence-corrected chi connectivity index (χ2v) is 13.8. The summed E-state index contributed by atoms with van der Waals surface area (Å²) in [7, 11) is 0. The summed E-state index contributed by atoms with van der Waals surface area (Å²) in [6, 6.07) is 42.5. The second-order valence-electron chi connectivity index (χ2n) is 13.8. The molecule has 10 heteroatoms. The average Bonchev–Trinajstić information content (AvgIpc) is 3.24. The fourth-order valence-electron chi connectivity index (χ4n) is 6.71. The number of aromatic hydroxyl groups is 1. The maximum atomic E-state index is 13.1. The van der Waals surface area contributed by atoms with Crippen molar-refractivity contribution >= 4 is 11.0 Å². The van der Waals surface area contributed by atoms with Crippen LogP contribution in [0.5, 0.6) is 40.2 Å². The molecule has 10 nitrogen and oxygen atoms in total. The van der Waals surface area contributed by atoms with Crippen LogP contribution in [0.25, 0.3) is 11.0 Å². The summed E-state index contributed by atoms with van der Waals surface area (Å²) in [5.74, 6) is 2.21. The Morgan fingerprint density at radius 1 is 0.561 bits per heavy atom. The average molecular weight is 773 g/mol. The van der Waals surface area contributed by atoms with E-state index in [-0.39, 0.29) is 23.7 Å². The molecule has 1 aliphatic heterocycles. The summed E-state index contributed by atoms with van der Waals surface area (Å²) in [5.41, 5.74) is -0.665. The van der Waals surface area contributed by atoms with Crippen LogP contribution in [0.1, 0.15) is 45.4 Å². The highest BCUT2D eigenvalue weighted by molar-refractivity contribution is 5.86. The quantitative estimate of drug-likeness (QED) is 0.0630. The number of ether oxygens (including phenoxy) is 7. The molecule has 1 N–H and O–H groups in total. The molecule has 5 aromatic carbocycles. The van der Waals surface area contributed by atoms with Crippen LogP contribution in [0.4, 0.5) is 0 Å². The van der Waals surface area contributed by atoms with Crippen molar-refractivity contribution in [3.05, 3.63) is 150 Å². The fourth-order valence-corrected chi connectivity index (χ4v) is 6.71. The minimum Gasteiger partial charge on any atom is -0.504 e. The Balaban J connectivity index is 1.21. The molecule has 5 atom stereocenters. The first-order valence-electron chi connectivity index (χ1n) is 19.6. The molecule has 0 amide bonds. The topological polar surface area (TPSA) is 115 Å². The Kier molecular flexibility index (Phi) is 13.5. The molecule has 1 aliphatic rings. The van der Waals surface area contributed by atoms with E-state index >= 15 is 0 Å². The highest BCUT2D eigenvalue weighted by atomic mass is 16.7. The van der Waals surface area contributed by atoms with Crippen molar-refractivity contribution in [2.75, 3.05) is 13.2 Å². The highest BCUT2D eigenvalue weighted by Gasteiger charge is 2.52. The molecule has 2 heterocycles. The minimum absolute atomic E-state index is 0.0794. The molecule has 0 bridgehead atoms. The zero-order valence-electron chi connectivity index (χ0n) is 31.9. The number of para-hydroxylation sites is 4. The molecule has 0 saturated carbocycles. The van der Waals surface area contributed by atoms with Crippen molar-refractivity contribution in [2.24, 2.45) is 0 Å². The summed E-state index contributed by atoms with van der Waals surface area (Å²) in [5, 5.41) is 11.4. The van der Waals surface area contributed by atoms with Crippen molar-refractivity contribution in [2.45, 2.75) is 76.2 Å². The van der Waals surface area contributed by atoms with E-state index in [1.54, 1.807) is 12.1 Å². The lowest BCUT2D eigenvalue weighted by atomic mass is 9.97. The number of unbranched alkanes of at least 4 members (excludes halogenated alkanes) is 5. The lowest BCUT2D eigenvalue weighted by Gasteiger charge is -2.45. The maximum Gasteiger partial charge on any atom is 0.383 e. The number of hydrogen-bond acceptors (Lipinski definition) is 10. The van der Waals surface area contributed by atoms with Crippen LogP contribution in [-0.2, 0) is 4.74 Å². The lowest BCUT2D eigenvalue weighted by molar-refractivity contribution is -0.260. The van der Waals surface area contributed by atoms with Crippen molar-refractivity contribution < 1.29 is 42.7 Å². The van der Waals surface area contributed by atoms with Gasteiger partial charge in [-0.15, -0.1) is 0 Å². The van der Waals surface area contributed by atoms with E-state index in [0.717, 1.165) is 19.3 Å². The third kappa shape index (κ3) is 10.4. The molecule has 1 aromatic heterocycles. The predicted octanol–water partition coefficient (Wildman–Crippen LogP) is 9.76. The Morgan fingerprint density at radius 2 is 1.11 bits per heavy atom. The van der Waals surface area contributed by atoms with Crippen molar-refractivity contribution in [3.8, 4) is 40.2 Å². The van der Waals surface area contributed by atoms with E-state index in [2.05, 4.69) is 6.92 Å². The van der Waals surface area contributed by atoms with Crippen LogP contribution < -0.4 is 34.0 Å². The molecule has 296 valence electrons. The minimum atomic E-state index is -1.10. The van der Waals surface area contributed by atoms with E-state index in [4.69, 9.17) is 37.6 Å². The van der Waals surface area contributed by atoms with Gasteiger partial charge in [0.25, 0.3) is 0 Å². The van der Waals surface area contributed by atoms with Crippen LogP contribution in [-0.4, -0.2) is 49.0 Å². The molecule has 7 rings (SSSR count). The maximum absolute atomic E-state index is 13.1. The molecule has 57 heavy (non-hydrogen) atoms. The van der Waals surface area contributed by atoms with Gasteiger partial charge in [0.05, 0.1) is 12.0 Å². The molecule has 0 aliphatic carbocycles. The van der Waals surface area contributed by atoms with Crippen LogP contribution in [0.2, 0.25) is 0 Å². The highest BCUT2D eigenvalue weighted by Crippen LogP contribution is 2.37. The lowest BCUT2D eigenvalue weighted by Crippen LogP contribution is -2.66. The first-order chi connectivity index (χ1) is 28.1. The summed E-state index contributed by atoms with van der Waals surface area (Å²) < 4.78 is 51.2. The van der Waals surface area contributed by atoms with E-state index in [9.17, 15) is 9.90 Å². The Hall–Kier alpha value is -6.13. The Morgan fingerprint density at radius 3 is 1.72 bits per heavy atom. The summed E-state index contributed by atoms with van der Waals surface area (Å²) in [6.07, 6.45) is 2.05. The van der Waals surface area contributed by atoms with Crippen LogP contribution in [0.15, 0.2) is 149 Å². The number of hydrogen-bond donors (Lipinski definition) is 1. The smallest absolute Gasteiger partial charge is 0.383 e. The van der Waals surface area contributed by atoms with Gasteiger partial charge in [-0.05, 0) is 67.1 Å². The van der Waals surface area contributed by atoms with Gasteiger partial charge >= 0.3 is 5.63 Å². The molecule has 1 saturated heterocycles. The predicted molar refractivity (Wildman–Crippen MR) is 217 cm³/mol. The van der Waals surface area contributed by atoms with E-state index in [0.29, 0.717) is 40.7 Å². The molecular weight excluding hydrogens is 725 g/mol. The van der Waals surface area contributed by atoms with Gasteiger partial charge in [-0.2, -0.15) is 0 Å². The van der Waals surface area contributed by atoms with Crippen molar-refractivity contribution in [1.82, 2.24) is 0 Å². The number of benzene rings is 5. The first kappa shape index (κ1) is 39.1. The zero-order chi connectivity index (χ0) is 39.2. The van der Waals surface area contributed by atoms with E-state index in [1.165, 1.54) is 25.3 Å².